The monoisotopic (exact) mass is 170 g/mol. The largest absolute Gasteiger partial charge is 0.359 e. The van der Waals surface area contributed by atoms with Gasteiger partial charge in [0.1, 0.15) is 0 Å². The minimum Gasteiger partial charge on any atom is -0.359 e. The summed E-state index contributed by atoms with van der Waals surface area (Å²) in [7, 11) is 1.69. The molecule has 0 saturated carbocycles. The van der Waals surface area contributed by atoms with Gasteiger partial charge < -0.3 is 10.6 Å². The van der Waals surface area contributed by atoms with E-state index in [9.17, 15) is 4.79 Å². The van der Waals surface area contributed by atoms with Crippen molar-refractivity contribution in [2.45, 2.75) is 38.1 Å². The minimum atomic E-state index is 0.148. The van der Waals surface area contributed by atoms with Crippen LogP contribution in [0.25, 0.3) is 0 Å². The number of amides is 1. The van der Waals surface area contributed by atoms with Gasteiger partial charge in [0.15, 0.2) is 0 Å². The predicted molar refractivity (Wildman–Crippen MR) is 48.9 cm³/mol. The van der Waals surface area contributed by atoms with Gasteiger partial charge in [0.2, 0.25) is 5.91 Å². The van der Waals surface area contributed by atoms with Crippen molar-refractivity contribution in [3.8, 4) is 0 Å². The molecule has 0 aromatic heterocycles. The first-order chi connectivity index (χ1) is 5.83. The molecule has 2 N–H and O–H groups in total. The van der Waals surface area contributed by atoms with Crippen LogP contribution in [0.4, 0.5) is 0 Å². The fourth-order valence-corrected chi connectivity index (χ4v) is 1.60. The van der Waals surface area contributed by atoms with Crippen LogP contribution in [0.2, 0.25) is 0 Å². The maximum absolute atomic E-state index is 11.0. The van der Waals surface area contributed by atoms with Crippen molar-refractivity contribution in [3.05, 3.63) is 0 Å². The standard InChI is InChI=1S/C9H18N2O/c1-10-9(12)7-8-5-3-2-4-6-11-8/h8,11H,2-7H2,1H3,(H,10,12). The van der Waals surface area contributed by atoms with E-state index in [-0.39, 0.29) is 5.91 Å². The van der Waals surface area contributed by atoms with Gasteiger partial charge in [0, 0.05) is 19.5 Å². The highest BCUT2D eigenvalue weighted by Gasteiger charge is 2.13. The van der Waals surface area contributed by atoms with Crippen molar-refractivity contribution in [3.63, 3.8) is 0 Å². The number of rotatable bonds is 2. The summed E-state index contributed by atoms with van der Waals surface area (Å²) in [5.74, 6) is 0.148. The van der Waals surface area contributed by atoms with Crippen LogP contribution in [-0.2, 0) is 4.79 Å². The Morgan fingerprint density at radius 2 is 2.33 bits per heavy atom. The lowest BCUT2D eigenvalue weighted by atomic mass is 10.1. The lowest BCUT2D eigenvalue weighted by Crippen LogP contribution is -2.33. The molecule has 1 aliphatic heterocycles. The first-order valence-corrected chi connectivity index (χ1v) is 4.77. The molecule has 1 unspecified atom stereocenters. The Kier molecular flexibility index (Phi) is 4.08. The molecule has 1 fully saturated rings. The van der Waals surface area contributed by atoms with Crippen LogP contribution in [0.3, 0.4) is 0 Å². The van der Waals surface area contributed by atoms with Gasteiger partial charge >= 0.3 is 0 Å². The summed E-state index contributed by atoms with van der Waals surface area (Å²) in [6.07, 6.45) is 5.60. The second-order valence-corrected chi connectivity index (χ2v) is 3.38. The van der Waals surface area contributed by atoms with Crippen molar-refractivity contribution in [1.82, 2.24) is 10.6 Å². The molecule has 1 amide bonds. The van der Waals surface area contributed by atoms with E-state index >= 15 is 0 Å². The molecule has 12 heavy (non-hydrogen) atoms. The van der Waals surface area contributed by atoms with Crippen molar-refractivity contribution >= 4 is 5.91 Å². The molecule has 1 aliphatic rings. The lowest BCUT2D eigenvalue weighted by Gasteiger charge is -2.13. The van der Waals surface area contributed by atoms with E-state index in [4.69, 9.17) is 0 Å². The Bertz CT molecular complexity index is 139. The summed E-state index contributed by atoms with van der Waals surface area (Å²) in [6, 6.07) is 0.410. The Hall–Kier alpha value is -0.570. The molecule has 0 aromatic carbocycles. The van der Waals surface area contributed by atoms with Gasteiger partial charge in [0.05, 0.1) is 0 Å². The normalized spacial score (nSPS) is 24.6. The third-order valence-corrected chi connectivity index (χ3v) is 2.37. The zero-order valence-corrected chi connectivity index (χ0v) is 7.73. The maximum Gasteiger partial charge on any atom is 0.221 e. The topological polar surface area (TPSA) is 41.1 Å². The minimum absolute atomic E-state index is 0.148. The molecule has 1 saturated heterocycles. The summed E-state index contributed by atoms with van der Waals surface area (Å²) in [4.78, 5) is 11.0. The highest BCUT2D eigenvalue weighted by Crippen LogP contribution is 2.10. The number of hydrogen-bond donors (Lipinski definition) is 2. The Labute approximate surface area is 73.9 Å². The molecule has 0 spiro atoms. The van der Waals surface area contributed by atoms with E-state index in [0.29, 0.717) is 12.5 Å². The Morgan fingerprint density at radius 1 is 1.50 bits per heavy atom. The molecular formula is C9H18N2O. The highest BCUT2D eigenvalue weighted by molar-refractivity contribution is 5.76. The number of nitrogens with one attached hydrogen (secondary N) is 2. The zero-order valence-electron chi connectivity index (χ0n) is 7.73. The van der Waals surface area contributed by atoms with Crippen LogP contribution in [0.15, 0.2) is 0 Å². The summed E-state index contributed by atoms with van der Waals surface area (Å²) >= 11 is 0. The SMILES string of the molecule is CNC(=O)CC1CCCCCN1. The van der Waals surface area contributed by atoms with Gasteiger partial charge in [0.25, 0.3) is 0 Å². The van der Waals surface area contributed by atoms with Gasteiger partial charge in [-0.2, -0.15) is 0 Å². The maximum atomic E-state index is 11.0. The third-order valence-electron chi connectivity index (χ3n) is 2.37. The number of carbonyl (C=O) groups excluding carboxylic acids is 1. The predicted octanol–water partition coefficient (Wildman–Crippen LogP) is 0.655. The van der Waals surface area contributed by atoms with Gasteiger partial charge in [-0.1, -0.05) is 12.8 Å². The summed E-state index contributed by atoms with van der Waals surface area (Å²) < 4.78 is 0. The molecule has 70 valence electrons. The fourth-order valence-electron chi connectivity index (χ4n) is 1.60. The van der Waals surface area contributed by atoms with E-state index in [2.05, 4.69) is 10.6 Å². The van der Waals surface area contributed by atoms with Crippen LogP contribution in [0.1, 0.15) is 32.1 Å². The van der Waals surface area contributed by atoms with Gasteiger partial charge in [-0.05, 0) is 19.4 Å². The smallest absolute Gasteiger partial charge is 0.221 e. The van der Waals surface area contributed by atoms with Gasteiger partial charge in [-0.25, -0.2) is 0 Å². The van der Waals surface area contributed by atoms with Crippen LogP contribution in [0, 0.1) is 0 Å². The third kappa shape index (κ3) is 3.22. The van der Waals surface area contributed by atoms with E-state index in [1.54, 1.807) is 7.05 Å². The highest BCUT2D eigenvalue weighted by atomic mass is 16.1. The molecule has 1 atom stereocenters. The van der Waals surface area contributed by atoms with Crippen molar-refractivity contribution in [2.24, 2.45) is 0 Å². The van der Waals surface area contributed by atoms with Gasteiger partial charge in [-0.15, -0.1) is 0 Å². The van der Waals surface area contributed by atoms with Crippen molar-refractivity contribution < 1.29 is 4.79 Å². The Balaban J connectivity index is 2.24. The van der Waals surface area contributed by atoms with Crippen LogP contribution in [0.5, 0.6) is 0 Å². The lowest BCUT2D eigenvalue weighted by molar-refractivity contribution is -0.121. The van der Waals surface area contributed by atoms with Crippen LogP contribution < -0.4 is 10.6 Å². The average molecular weight is 170 g/mol. The first kappa shape index (κ1) is 9.52. The first-order valence-electron chi connectivity index (χ1n) is 4.77. The molecule has 1 heterocycles. The number of carbonyl (C=O) groups is 1. The molecule has 1 rings (SSSR count). The molecule has 3 nitrogen and oxygen atoms in total. The van der Waals surface area contributed by atoms with E-state index in [1.807, 2.05) is 0 Å². The molecule has 0 aromatic rings. The molecule has 3 heteroatoms. The van der Waals surface area contributed by atoms with Gasteiger partial charge in [-0.3, -0.25) is 4.79 Å². The summed E-state index contributed by atoms with van der Waals surface area (Å²) in [5, 5.41) is 6.04. The molecule has 0 radical (unpaired) electrons. The number of hydrogen-bond acceptors (Lipinski definition) is 2. The quantitative estimate of drug-likeness (QED) is 0.639. The van der Waals surface area contributed by atoms with Crippen molar-refractivity contribution in [2.75, 3.05) is 13.6 Å². The summed E-state index contributed by atoms with van der Waals surface area (Å²) in [5.41, 5.74) is 0. The second-order valence-electron chi connectivity index (χ2n) is 3.38. The zero-order chi connectivity index (χ0) is 8.81. The molecule has 0 bridgehead atoms. The van der Waals surface area contributed by atoms with Crippen LogP contribution in [-0.4, -0.2) is 25.5 Å². The average Bonchev–Trinajstić information content (AvgIpc) is 2.33. The summed E-state index contributed by atoms with van der Waals surface area (Å²) in [6.45, 7) is 1.07. The van der Waals surface area contributed by atoms with E-state index < -0.39 is 0 Å². The molecular weight excluding hydrogens is 152 g/mol. The van der Waals surface area contributed by atoms with Crippen LogP contribution >= 0.6 is 0 Å². The molecule has 0 aliphatic carbocycles. The van der Waals surface area contributed by atoms with E-state index in [1.165, 1.54) is 19.3 Å². The van der Waals surface area contributed by atoms with E-state index in [0.717, 1.165) is 13.0 Å². The second kappa shape index (κ2) is 5.14. The Morgan fingerprint density at radius 3 is 3.08 bits per heavy atom. The fraction of sp³-hybridized carbons (Fsp3) is 0.889. The van der Waals surface area contributed by atoms with Crippen molar-refractivity contribution in [1.29, 1.82) is 0 Å².